The molecule has 0 radical (unpaired) electrons. The fourth-order valence-electron chi connectivity index (χ4n) is 4.02. The molecule has 1 N–H and O–H groups in total. The van der Waals surface area contributed by atoms with Gasteiger partial charge in [0, 0.05) is 6.04 Å². The van der Waals surface area contributed by atoms with Gasteiger partial charge >= 0.3 is 0 Å². The minimum atomic E-state index is 0.530. The highest BCUT2D eigenvalue weighted by molar-refractivity contribution is 5.11. The zero-order valence-electron chi connectivity index (χ0n) is 8.78. The van der Waals surface area contributed by atoms with Gasteiger partial charge in [-0.05, 0) is 43.1 Å². The number of hydrogen-bond acceptors (Lipinski definition) is 1. The largest absolute Gasteiger partial charge is 0.316 e. The lowest BCUT2D eigenvalue weighted by Gasteiger charge is -2.42. The van der Waals surface area contributed by atoms with Crippen LogP contribution in [0, 0.1) is 16.7 Å². The van der Waals surface area contributed by atoms with E-state index in [0.717, 1.165) is 12.0 Å². The molecule has 0 aromatic rings. The lowest BCUT2D eigenvalue weighted by Crippen LogP contribution is -2.48. The van der Waals surface area contributed by atoms with E-state index < -0.39 is 0 Å². The molecule has 12 heavy (non-hydrogen) atoms. The second kappa shape index (κ2) is 2.25. The quantitative estimate of drug-likeness (QED) is 0.632. The summed E-state index contributed by atoms with van der Waals surface area (Å²) in [5.41, 5.74) is 1.13. The molecule has 2 rings (SSSR count). The third-order valence-electron chi connectivity index (χ3n) is 4.56. The summed E-state index contributed by atoms with van der Waals surface area (Å²) in [4.78, 5) is 0. The minimum absolute atomic E-state index is 0.530. The molecule has 0 aromatic carbocycles. The average Bonchev–Trinajstić information content (AvgIpc) is 2.39. The van der Waals surface area contributed by atoms with Crippen molar-refractivity contribution in [2.24, 2.45) is 16.7 Å². The fourth-order valence-corrected chi connectivity index (χ4v) is 4.02. The molecule has 2 saturated carbocycles. The Morgan fingerprint density at radius 2 is 1.92 bits per heavy atom. The second-order valence-electron chi connectivity index (χ2n) is 5.64. The van der Waals surface area contributed by atoms with Gasteiger partial charge < -0.3 is 5.32 Å². The van der Waals surface area contributed by atoms with E-state index in [-0.39, 0.29) is 0 Å². The Morgan fingerprint density at radius 1 is 1.25 bits per heavy atom. The van der Waals surface area contributed by atoms with E-state index in [1.54, 1.807) is 0 Å². The average molecular weight is 167 g/mol. The van der Waals surface area contributed by atoms with Crippen LogP contribution in [0.2, 0.25) is 0 Å². The van der Waals surface area contributed by atoms with Gasteiger partial charge in [-0.15, -0.1) is 0 Å². The molecule has 2 unspecified atom stereocenters. The molecule has 3 atom stereocenters. The Kier molecular flexibility index (Phi) is 1.61. The molecule has 0 aromatic heterocycles. The molecule has 70 valence electrons. The monoisotopic (exact) mass is 167 g/mol. The highest BCUT2D eigenvalue weighted by Crippen LogP contribution is 2.62. The van der Waals surface area contributed by atoms with Crippen LogP contribution < -0.4 is 5.32 Å². The van der Waals surface area contributed by atoms with Crippen LogP contribution in [0.1, 0.15) is 40.0 Å². The van der Waals surface area contributed by atoms with Gasteiger partial charge in [0.1, 0.15) is 0 Å². The van der Waals surface area contributed by atoms with Crippen LogP contribution >= 0.6 is 0 Å². The van der Waals surface area contributed by atoms with E-state index in [1.807, 2.05) is 0 Å². The van der Waals surface area contributed by atoms with E-state index in [2.05, 4.69) is 33.1 Å². The molecule has 2 aliphatic carbocycles. The van der Waals surface area contributed by atoms with Crippen molar-refractivity contribution in [3.63, 3.8) is 0 Å². The highest BCUT2D eigenvalue weighted by Gasteiger charge is 2.58. The van der Waals surface area contributed by atoms with Crippen molar-refractivity contribution in [1.82, 2.24) is 5.32 Å². The summed E-state index contributed by atoms with van der Waals surface area (Å²) in [6.45, 7) is 7.33. The Morgan fingerprint density at radius 3 is 2.25 bits per heavy atom. The third-order valence-corrected chi connectivity index (χ3v) is 4.56. The summed E-state index contributed by atoms with van der Waals surface area (Å²) in [6, 6.07) is 0.740. The first-order valence-electron chi connectivity index (χ1n) is 5.18. The van der Waals surface area contributed by atoms with Gasteiger partial charge in [0.15, 0.2) is 0 Å². The molecule has 2 fully saturated rings. The predicted molar refractivity (Wildman–Crippen MR) is 52.1 cm³/mol. The predicted octanol–water partition coefficient (Wildman–Crippen LogP) is 2.42. The van der Waals surface area contributed by atoms with Crippen molar-refractivity contribution in [2.45, 2.75) is 46.1 Å². The first-order chi connectivity index (χ1) is 5.50. The molecule has 2 aliphatic rings. The molecular weight excluding hydrogens is 146 g/mol. The van der Waals surface area contributed by atoms with Crippen molar-refractivity contribution < 1.29 is 0 Å². The SMILES string of the molecule is CN[C@@H]1C2(C)CCC(C2)C1(C)C. The summed E-state index contributed by atoms with van der Waals surface area (Å²) >= 11 is 0. The van der Waals surface area contributed by atoms with Gasteiger partial charge in [-0.25, -0.2) is 0 Å². The lowest BCUT2D eigenvalue weighted by molar-refractivity contribution is 0.116. The minimum Gasteiger partial charge on any atom is -0.316 e. The van der Waals surface area contributed by atoms with Crippen LogP contribution in [0.5, 0.6) is 0 Å². The molecule has 0 spiro atoms. The van der Waals surface area contributed by atoms with Crippen LogP contribution in [-0.2, 0) is 0 Å². The number of nitrogens with one attached hydrogen (secondary N) is 1. The van der Waals surface area contributed by atoms with E-state index in [0.29, 0.717) is 10.8 Å². The van der Waals surface area contributed by atoms with Crippen LogP contribution in [0.25, 0.3) is 0 Å². The van der Waals surface area contributed by atoms with Crippen molar-refractivity contribution in [3.8, 4) is 0 Å². The number of rotatable bonds is 1. The molecular formula is C11H21N. The van der Waals surface area contributed by atoms with Gasteiger partial charge in [0.05, 0.1) is 0 Å². The van der Waals surface area contributed by atoms with Crippen molar-refractivity contribution in [3.05, 3.63) is 0 Å². The summed E-state index contributed by atoms with van der Waals surface area (Å²) < 4.78 is 0. The molecule has 0 amide bonds. The summed E-state index contributed by atoms with van der Waals surface area (Å²) in [5.74, 6) is 0.972. The maximum absolute atomic E-state index is 3.53. The zero-order valence-corrected chi connectivity index (χ0v) is 8.78. The molecule has 0 saturated heterocycles. The molecule has 1 heteroatoms. The summed E-state index contributed by atoms with van der Waals surface area (Å²) in [5, 5.41) is 3.53. The highest BCUT2D eigenvalue weighted by atomic mass is 15.0. The smallest absolute Gasteiger partial charge is 0.0172 e. The normalized spacial score (nSPS) is 50.0. The Labute approximate surface area is 75.9 Å². The van der Waals surface area contributed by atoms with Crippen molar-refractivity contribution in [2.75, 3.05) is 7.05 Å². The zero-order chi connectivity index (χ0) is 8.98. The van der Waals surface area contributed by atoms with Gasteiger partial charge in [-0.2, -0.15) is 0 Å². The van der Waals surface area contributed by atoms with E-state index in [9.17, 15) is 0 Å². The van der Waals surface area contributed by atoms with Crippen molar-refractivity contribution in [1.29, 1.82) is 0 Å². The standard InChI is InChI=1S/C11H21N/c1-10(2)8-5-6-11(3,7-8)9(10)12-4/h8-9,12H,5-7H2,1-4H3/t8?,9-,11?/m0/s1. The van der Waals surface area contributed by atoms with E-state index in [1.165, 1.54) is 19.3 Å². The molecule has 1 nitrogen and oxygen atoms in total. The lowest BCUT2D eigenvalue weighted by atomic mass is 9.68. The van der Waals surface area contributed by atoms with E-state index >= 15 is 0 Å². The topological polar surface area (TPSA) is 12.0 Å². The Bertz CT molecular complexity index is 192. The molecule has 0 heterocycles. The Balaban J connectivity index is 2.31. The maximum Gasteiger partial charge on any atom is 0.0172 e. The molecule has 0 aliphatic heterocycles. The van der Waals surface area contributed by atoms with Crippen LogP contribution in [0.3, 0.4) is 0 Å². The van der Waals surface area contributed by atoms with E-state index in [4.69, 9.17) is 0 Å². The summed E-state index contributed by atoms with van der Waals surface area (Å²) in [6.07, 6.45) is 4.35. The first-order valence-corrected chi connectivity index (χ1v) is 5.18. The number of hydrogen-bond donors (Lipinski definition) is 1. The summed E-state index contributed by atoms with van der Waals surface area (Å²) in [7, 11) is 2.12. The first kappa shape index (κ1) is 8.55. The van der Waals surface area contributed by atoms with Gasteiger partial charge in [0.2, 0.25) is 0 Å². The van der Waals surface area contributed by atoms with Gasteiger partial charge in [-0.1, -0.05) is 20.8 Å². The van der Waals surface area contributed by atoms with Crippen LogP contribution in [0.15, 0.2) is 0 Å². The van der Waals surface area contributed by atoms with Gasteiger partial charge in [0.25, 0.3) is 0 Å². The van der Waals surface area contributed by atoms with Crippen LogP contribution in [0.4, 0.5) is 0 Å². The Hall–Kier alpha value is -0.0400. The van der Waals surface area contributed by atoms with Crippen molar-refractivity contribution >= 4 is 0 Å². The third kappa shape index (κ3) is 0.834. The van der Waals surface area contributed by atoms with Crippen LogP contribution in [-0.4, -0.2) is 13.1 Å². The number of fused-ring (bicyclic) bond motifs is 2. The van der Waals surface area contributed by atoms with Gasteiger partial charge in [-0.3, -0.25) is 0 Å². The second-order valence-corrected chi connectivity index (χ2v) is 5.64. The molecule has 2 bridgehead atoms. The maximum atomic E-state index is 3.53. The fraction of sp³-hybridized carbons (Fsp3) is 1.00.